The van der Waals surface area contributed by atoms with Gasteiger partial charge >= 0.3 is 0 Å². The van der Waals surface area contributed by atoms with E-state index in [2.05, 4.69) is 20.5 Å². The van der Waals surface area contributed by atoms with Crippen molar-refractivity contribution in [2.45, 2.75) is 38.2 Å². The van der Waals surface area contributed by atoms with Crippen molar-refractivity contribution in [3.8, 4) is 11.5 Å². The average molecular weight is 382 g/mol. The minimum Gasteiger partial charge on any atom is -0.411 e. The highest BCUT2D eigenvalue weighted by atomic mass is 32.2. The van der Waals surface area contributed by atoms with Crippen molar-refractivity contribution in [3.63, 3.8) is 0 Å². The summed E-state index contributed by atoms with van der Waals surface area (Å²) >= 11 is 1.28. The van der Waals surface area contributed by atoms with Crippen molar-refractivity contribution in [1.29, 1.82) is 0 Å². The van der Waals surface area contributed by atoms with Gasteiger partial charge in [-0.15, -0.1) is 10.2 Å². The lowest BCUT2D eigenvalue weighted by atomic mass is 10.1. The standard InChI is InChI=1S/C20H22N4O2S/c1-12(2)17(18(25)22-16-7-5-6-13(3)14(16)4)27-20-24-23-19(26-20)15-8-10-21-11-9-15/h5-12,17H,1-4H3,(H,22,25). The SMILES string of the molecule is Cc1cccc(NC(=O)C(Sc2nnc(-c3ccncc3)o2)C(C)C)c1C. The second-order valence-corrected chi connectivity index (χ2v) is 7.72. The molecular weight excluding hydrogens is 360 g/mol. The number of rotatable bonds is 6. The van der Waals surface area contributed by atoms with Gasteiger partial charge in [0.1, 0.15) is 0 Å². The van der Waals surface area contributed by atoms with E-state index < -0.39 is 0 Å². The number of carbonyl (C=O) groups is 1. The first kappa shape index (κ1) is 19.1. The normalized spacial score (nSPS) is 12.2. The third-order valence-electron chi connectivity index (χ3n) is 4.29. The Morgan fingerprint density at radius 1 is 1.11 bits per heavy atom. The molecule has 3 aromatic rings. The molecule has 1 amide bonds. The second-order valence-electron chi connectivity index (χ2n) is 6.63. The second kappa shape index (κ2) is 8.35. The Kier molecular flexibility index (Phi) is 5.91. The molecule has 0 bridgehead atoms. The molecule has 2 aromatic heterocycles. The van der Waals surface area contributed by atoms with Crippen LogP contribution in [0.25, 0.3) is 11.5 Å². The largest absolute Gasteiger partial charge is 0.411 e. The maximum atomic E-state index is 12.9. The van der Waals surface area contributed by atoms with Gasteiger partial charge in [-0.3, -0.25) is 9.78 Å². The molecule has 0 aliphatic carbocycles. The molecule has 1 N–H and O–H groups in total. The lowest BCUT2D eigenvalue weighted by Crippen LogP contribution is -2.30. The van der Waals surface area contributed by atoms with Gasteiger partial charge in [-0.25, -0.2) is 0 Å². The van der Waals surface area contributed by atoms with Crippen molar-refractivity contribution in [2.24, 2.45) is 5.92 Å². The summed E-state index contributed by atoms with van der Waals surface area (Å²) in [5.41, 5.74) is 3.83. The van der Waals surface area contributed by atoms with Crippen molar-refractivity contribution in [3.05, 3.63) is 53.9 Å². The molecule has 0 saturated heterocycles. The van der Waals surface area contributed by atoms with E-state index in [1.807, 2.05) is 45.9 Å². The minimum absolute atomic E-state index is 0.0765. The van der Waals surface area contributed by atoms with Crippen LogP contribution in [-0.4, -0.2) is 26.3 Å². The maximum Gasteiger partial charge on any atom is 0.277 e. The molecule has 1 aromatic carbocycles. The molecule has 27 heavy (non-hydrogen) atoms. The van der Waals surface area contributed by atoms with Gasteiger partial charge in [-0.1, -0.05) is 37.7 Å². The number of nitrogens with zero attached hydrogens (tertiary/aromatic N) is 3. The number of thioether (sulfide) groups is 1. The Hall–Kier alpha value is -2.67. The van der Waals surface area contributed by atoms with E-state index in [0.717, 1.165) is 22.4 Å². The first-order valence-electron chi connectivity index (χ1n) is 8.73. The summed E-state index contributed by atoms with van der Waals surface area (Å²) in [6, 6.07) is 9.48. The molecule has 0 aliphatic heterocycles. The van der Waals surface area contributed by atoms with E-state index >= 15 is 0 Å². The van der Waals surface area contributed by atoms with Gasteiger partial charge in [0.25, 0.3) is 5.22 Å². The summed E-state index contributed by atoms with van der Waals surface area (Å²) in [6.45, 7) is 8.03. The summed E-state index contributed by atoms with van der Waals surface area (Å²) in [7, 11) is 0. The molecule has 0 fully saturated rings. The molecule has 7 heteroatoms. The fourth-order valence-corrected chi connectivity index (χ4v) is 3.43. The highest BCUT2D eigenvalue weighted by Crippen LogP contribution is 2.31. The van der Waals surface area contributed by atoms with Gasteiger partial charge in [-0.05, 0) is 49.1 Å². The van der Waals surface area contributed by atoms with E-state index in [1.165, 1.54) is 11.8 Å². The van der Waals surface area contributed by atoms with Gasteiger partial charge in [-0.2, -0.15) is 0 Å². The quantitative estimate of drug-likeness (QED) is 0.632. The van der Waals surface area contributed by atoms with Crippen LogP contribution in [0.4, 0.5) is 5.69 Å². The molecular formula is C20H22N4O2S. The first-order chi connectivity index (χ1) is 13.0. The van der Waals surface area contributed by atoms with Crippen LogP contribution in [0.1, 0.15) is 25.0 Å². The van der Waals surface area contributed by atoms with Crippen LogP contribution in [0.2, 0.25) is 0 Å². The Labute approximate surface area is 162 Å². The third-order valence-corrected chi connectivity index (χ3v) is 5.67. The summed E-state index contributed by atoms with van der Waals surface area (Å²) in [5, 5.41) is 11.2. The topological polar surface area (TPSA) is 80.9 Å². The number of anilines is 1. The average Bonchev–Trinajstić information content (AvgIpc) is 3.13. The Balaban J connectivity index is 1.75. The van der Waals surface area contributed by atoms with E-state index in [-0.39, 0.29) is 17.1 Å². The zero-order valence-electron chi connectivity index (χ0n) is 15.8. The van der Waals surface area contributed by atoms with Gasteiger partial charge in [0.2, 0.25) is 11.8 Å². The van der Waals surface area contributed by atoms with E-state index in [0.29, 0.717) is 11.1 Å². The van der Waals surface area contributed by atoms with Gasteiger partial charge < -0.3 is 9.73 Å². The summed E-state index contributed by atoms with van der Waals surface area (Å²) in [4.78, 5) is 16.8. The van der Waals surface area contributed by atoms with Crippen LogP contribution in [-0.2, 0) is 4.79 Å². The number of aryl methyl sites for hydroxylation is 1. The van der Waals surface area contributed by atoms with Gasteiger partial charge in [0.15, 0.2) is 0 Å². The monoisotopic (exact) mass is 382 g/mol. The predicted octanol–water partition coefficient (Wildman–Crippen LogP) is 4.50. The number of nitrogens with one attached hydrogen (secondary N) is 1. The molecule has 0 aliphatic rings. The number of hydrogen-bond acceptors (Lipinski definition) is 6. The Morgan fingerprint density at radius 2 is 1.85 bits per heavy atom. The van der Waals surface area contributed by atoms with Crippen LogP contribution in [0.3, 0.4) is 0 Å². The van der Waals surface area contributed by atoms with Crippen LogP contribution in [0.15, 0.2) is 52.4 Å². The number of amides is 1. The molecule has 1 unspecified atom stereocenters. The Morgan fingerprint density at radius 3 is 2.56 bits per heavy atom. The maximum absolute atomic E-state index is 12.9. The van der Waals surface area contributed by atoms with Crippen LogP contribution in [0, 0.1) is 19.8 Å². The number of hydrogen-bond donors (Lipinski definition) is 1. The number of aromatic nitrogens is 3. The van der Waals surface area contributed by atoms with Crippen LogP contribution >= 0.6 is 11.8 Å². The fourth-order valence-electron chi connectivity index (χ4n) is 2.56. The molecule has 1 atom stereocenters. The zero-order chi connectivity index (χ0) is 19.4. The van der Waals surface area contributed by atoms with Crippen LogP contribution in [0.5, 0.6) is 0 Å². The molecule has 2 heterocycles. The van der Waals surface area contributed by atoms with Crippen molar-refractivity contribution in [1.82, 2.24) is 15.2 Å². The van der Waals surface area contributed by atoms with Crippen molar-refractivity contribution in [2.75, 3.05) is 5.32 Å². The van der Waals surface area contributed by atoms with Gasteiger partial charge in [0.05, 0.1) is 5.25 Å². The minimum atomic E-state index is -0.351. The zero-order valence-corrected chi connectivity index (χ0v) is 16.6. The highest BCUT2D eigenvalue weighted by molar-refractivity contribution is 8.00. The lowest BCUT2D eigenvalue weighted by molar-refractivity contribution is -0.116. The van der Waals surface area contributed by atoms with Crippen molar-refractivity contribution >= 4 is 23.4 Å². The predicted molar refractivity (Wildman–Crippen MR) is 107 cm³/mol. The molecule has 0 spiro atoms. The smallest absolute Gasteiger partial charge is 0.277 e. The summed E-state index contributed by atoms with van der Waals surface area (Å²) in [5.74, 6) is 0.432. The molecule has 0 saturated carbocycles. The highest BCUT2D eigenvalue weighted by Gasteiger charge is 2.27. The fraction of sp³-hybridized carbons (Fsp3) is 0.300. The van der Waals surface area contributed by atoms with Gasteiger partial charge in [0, 0.05) is 23.6 Å². The van der Waals surface area contributed by atoms with Crippen molar-refractivity contribution < 1.29 is 9.21 Å². The van der Waals surface area contributed by atoms with E-state index in [9.17, 15) is 4.79 Å². The molecule has 6 nitrogen and oxygen atoms in total. The molecule has 3 rings (SSSR count). The summed E-state index contributed by atoms with van der Waals surface area (Å²) in [6.07, 6.45) is 3.34. The lowest BCUT2D eigenvalue weighted by Gasteiger charge is -2.19. The number of pyridine rings is 1. The van der Waals surface area contributed by atoms with E-state index in [1.54, 1.807) is 24.5 Å². The Bertz CT molecular complexity index is 925. The van der Waals surface area contributed by atoms with Crippen LogP contribution < -0.4 is 5.32 Å². The van der Waals surface area contributed by atoms with E-state index in [4.69, 9.17) is 4.42 Å². The summed E-state index contributed by atoms with van der Waals surface area (Å²) < 4.78 is 5.73. The third kappa shape index (κ3) is 4.54. The molecule has 140 valence electrons. The number of carbonyl (C=O) groups excluding carboxylic acids is 1. The number of benzene rings is 1. The first-order valence-corrected chi connectivity index (χ1v) is 9.61. The molecule has 0 radical (unpaired) electrons.